The average Bonchev–Trinajstić information content (AvgIpc) is 2.67. The Balaban J connectivity index is 2.21. The summed E-state index contributed by atoms with van der Waals surface area (Å²) in [6, 6.07) is 19.9. The lowest BCUT2D eigenvalue weighted by Crippen LogP contribution is -2.47. The molecule has 0 amide bonds. The molecule has 2 rings (SSSR count). The van der Waals surface area contributed by atoms with Crippen molar-refractivity contribution in [1.82, 2.24) is 0 Å². The molecule has 0 bridgehead atoms. The molecular weight excluding hydrogens is 364 g/mol. The van der Waals surface area contributed by atoms with E-state index in [-0.39, 0.29) is 5.04 Å². The molecule has 0 aliphatic rings. The van der Waals surface area contributed by atoms with E-state index < -0.39 is 20.5 Å². The summed E-state index contributed by atoms with van der Waals surface area (Å²) in [7, 11) is -2.08. The molecule has 0 spiro atoms. The van der Waals surface area contributed by atoms with Crippen LogP contribution in [0.15, 0.2) is 66.7 Å². The van der Waals surface area contributed by atoms with Gasteiger partial charge in [-0.15, -0.1) is 0 Å². The van der Waals surface area contributed by atoms with Gasteiger partial charge in [0.15, 0.2) is 14.6 Å². The van der Waals surface area contributed by atoms with Gasteiger partial charge in [-0.1, -0.05) is 93.6 Å². The van der Waals surface area contributed by atoms with Crippen molar-refractivity contribution in [1.29, 1.82) is 0 Å². The number of rotatable bonds is 9. The molecule has 0 aliphatic heterocycles. The Kier molecular flexibility index (Phi) is 7.93. The number of aldehydes is 1. The van der Waals surface area contributed by atoms with Crippen molar-refractivity contribution in [2.45, 2.75) is 57.7 Å². The first-order valence-corrected chi connectivity index (χ1v) is 12.7. The van der Waals surface area contributed by atoms with Crippen LogP contribution in [0.3, 0.4) is 0 Å². The summed E-state index contributed by atoms with van der Waals surface area (Å²) in [6.07, 6.45) is 3.73. The van der Waals surface area contributed by atoms with E-state index in [2.05, 4.69) is 33.9 Å². The van der Waals surface area contributed by atoms with Crippen LogP contribution in [-0.2, 0) is 20.6 Å². The molecule has 2 aromatic carbocycles. The summed E-state index contributed by atoms with van der Waals surface area (Å²) < 4.78 is 12.5. The summed E-state index contributed by atoms with van der Waals surface area (Å²) in [5, 5.41) is 0.0404. The lowest BCUT2D eigenvalue weighted by Gasteiger charge is -2.39. The first-order valence-electron chi connectivity index (χ1n) is 9.75. The number of carbonyl (C=O) groups is 1. The molecule has 3 nitrogen and oxygen atoms in total. The zero-order chi connectivity index (χ0) is 20.6. The SMILES string of the molecule is CC(C)(C)[Si](C)(C)O[C@H](/C=C/c1ccccc1)[C@@H](C=O)OCc1ccccc1. The third-order valence-electron chi connectivity index (χ3n) is 5.26. The molecule has 2 aromatic rings. The van der Waals surface area contributed by atoms with Crippen LogP contribution in [0.25, 0.3) is 6.08 Å². The van der Waals surface area contributed by atoms with Gasteiger partial charge in [-0.2, -0.15) is 0 Å². The first-order chi connectivity index (χ1) is 13.2. The second-order valence-electron chi connectivity index (χ2n) is 8.51. The third kappa shape index (κ3) is 6.55. The van der Waals surface area contributed by atoms with Crippen molar-refractivity contribution in [3.05, 3.63) is 77.9 Å². The zero-order valence-corrected chi connectivity index (χ0v) is 18.6. The van der Waals surface area contributed by atoms with Crippen molar-refractivity contribution in [2.75, 3.05) is 0 Å². The molecule has 2 atom stereocenters. The van der Waals surface area contributed by atoms with Gasteiger partial charge in [-0.3, -0.25) is 0 Å². The Morgan fingerprint density at radius 1 is 0.929 bits per heavy atom. The fourth-order valence-corrected chi connectivity index (χ4v) is 3.73. The molecule has 0 unspecified atom stereocenters. The highest BCUT2D eigenvalue weighted by atomic mass is 28.4. The van der Waals surface area contributed by atoms with Crippen LogP contribution in [0.2, 0.25) is 18.1 Å². The van der Waals surface area contributed by atoms with Gasteiger partial charge < -0.3 is 14.0 Å². The molecule has 0 aromatic heterocycles. The first kappa shape index (κ1) is 22.3. The topological polar surface area (TPSA) is 35.5 Å². The molecule has 0 heterocycles. The molecule has 0 N–H and O–H groups in total. The van der Waals surface area contributed by atoms with Crippen LogP contribution < -0.4 is 0 Å². The maximum absolute atomic E-state index is 11.9. The molecular formula is C24H32O3Si. The van der Waals surface area contributed by atoms with Gasteiger partial charge >= 0.3 is 0 Å². The Morgan fingerprint density at radius 2 is 1.50 bits per heavy atom. The van der Waals surface area contributed by atoms with Gasteiger partial charge in [0.2, 0.25) is 0 Å². The van der Waals surface area contributed by atoms with E-state index in [0.717, 1.165) is 17.4 Å². The van der Waals surface area contributed by atoms with Crippen LogP contribution in [0.4, 0.5) is 0 Å². The number of carbonyl (C=O) groups excluding carboxylic acids is 1. The highest BCUT2D eigenvalue weighted by Gasteiger charge is 2.40. The van der Waals surface area contributed by atoms with Gasteiger partial charge in [0.25, 0.3) is 0 Å². The Hall–Kier alpha value is -2.01. The molecule has 0 saturated heterocycles. The summed E-state index contributed by atoms with van der Waals surface area (Å²) >= 11 is 0. The fraction of sp³-hybridized carbons (Fsp3) is 0.375. The quantitative estimate of drug-likeness (QED) is 0.392. The smallest absolute Gasteiger partial charge is 0.193 e. The van der Waals surface area contributed by atoms with E-state index in [1.165, 1.54) is 0 Å². The number of hydrogen-bond donors (Lipinski definition) is 0. The predicted octanol–water partition coefficient (Wildman–Crippen LogP) is 5.87. The molecule has 4 heteroatoms. The highest BCUT2D eigenvalue weighted by Crippen LogP contribution is 2.38. The van der Waals surface area contributed by atoms with Crippen molar-refractivity contribution < 1.29 is 14.0 Å². The van der Waals surface area contributed by atoms with Crippen molar-refractivity contribution in [2.24, 2.45) is 0 Å². The van der Waals surface area contributed by atoms with Gasteiger partial charge in [0.05, 0.1) is 12.7 Å². The van der Waals surface area contributed by atoms with Crippen molar-refractivity contribution in [3.8, 4) is 0 Å². The minimum absolute atomic E-state index is 0.0404. The maximum Gasteiger partial charge on any atom is 0.193 e. The van der Waals surface area contributed by atoms with E-state index >= 15 is 0 Å². The Morgan fingerprint density at radius 3 is 2.04 bits per heavy atom. The Labute approximate surface area is 170 Å². The van der Waals surface area contributed by atoms with Crippen LogP contribution in [0, 0.1) is 0 Å². The second-order valence-corrected chi connectivity index (χ2v) is 13.3. The molecule has 28 heavy (non-hydrogen) atoms. The van der Waals surface area contributed by atoms with Gasteiger partial charge in [-0.25, -0.2) is 0 Å². The maximum atomic E-state index is 11.9. The standard InChI is InChI=1S/C24H32O3Si/c1-24(2,3)28(4,5)27-22(17-16-20-12-8-6-9-13-20)23(18-25)26-19-21-14-10-7-11-15-21/h6-18,22-23H,19H2,1-5H3/b17-16+/t22-,23-/m1/s1. The summed E-state index contributed by atoms with van der Waals surface area (Å²) in [4.78, 5) is 11.9. The molecule has 150 valence electrons. The van der Waals surface area contributed by atoms with Crippen LogP contribution in [0.5, 0.6) is 0 Å². The van der Waals surface area contributed by atoms with Crippen LogP contribution in [0.1, 0.15) is 31.9 Å². The van der Waals surface area contributed by atoms with E-state index in [0.29, 0.717) is 6.61 Å². The lowest BCUT2D eigenvalue weighted by atomic mass is 10.1. The van der Waals surface area contributed by atoms with Crippen LogP contribution >= 0.6 is 0 Å². The predicted molar refractivity (Wildman–Crippen MR) is 119 cm³/mol. The Bertz CT molecular complexity index is 748. The van der Waals surface area contributed by atoms with Crippen LogP contribution in [-0.4, -0.2) is 26.8 Å². The van der Waals surface area contributed by atoms with E-state index in [1.54, 1.807) is 0 Å². The van der Waals surface area contributed by atoms with Gasteiger partial charge in [-0.05, 0) is 29.3 Å². The largest absolute Gasteiger partial charge is 0.407 e. The van der Waals surface area contributed by atoms with E-state index in [9.17, 15) is 4.79 Å². The number of benzene rings is 2. The summed E-state index contributed by atoms with van der Waals surface area (Å²) in [6.45, 7) is 11.3. The zero-order valence-electron chi connectivity index (χ0n) is 17.6. The average molecular weight is 397 g/mol. The van der Waals surface area contributed by atoms with Crippen molar-refractivity contribution in [3.63, 3.8) is 0 Å². The molecule has 0 saturated carbocycles. The minimum Gasteiger partial charge on any atom is -0.407 e. The second kappa shape index (κ2) is 9.96. The normalized spacial score (nSPS) is 14.8. The van der Waals surface area contributed by atoms with E-state index in [4.69, 9.17) is 9.16 Å². The monoisotopic (exact) mass is 396 g/mol. The molecule has 0 radical (unpaired) electrons. The molecule has 0 fully saturated rings. The number of hydrogen-bond acceptors (Lipinski definition) is 3. The fourth-order valence-electron chi connectivity index (χ4n) is 2.48. The summed E-state index contributed by atoms with van der Waals surface area (Å²) in [5.41, 5.74) is 2.10. The molecule has 0 aliphatic carbocycles. The van der Waals surface area contributed by atoms with Crippen molar-refractivity contribution >= 4 is 20.7 Å². The third-order valence-corrected chi connectivity index (χ3v) is 9.73. The lowest BCUT2D eigenvalue weighted by molar-refractivity contribution is -0.123. The highest BCUT2D eigenvalue weighted by molar-refractivity contribution is 6.74. The van der Waals surface area contributed by atoms with Gasteiger partial charge in [0, 0.05) is 0 Å². The number of ether oxygens (including phenoxy) is 1. The van der Waals surface area contributed by atoms with Gasteiger partial charge in [0.1, 0.15) is 6.10 Å². The minimum atomic E-state index is -2.08. The van der Waals surface area contributed by atoms with E-state index in [1.807, 2.05) is 72.8 Å². The summed E-state index contributed by atoms with van der Waals surface area (Å²) in [5.74, 6) is 0.